The van der Waals surface area contributed by atoms with Gasteiger partial charge in [0.05, 0.1) is 45.3 Å². The third-order valence-electron chi connectivity index (χ3n) is 11.4. The van der Waals surface area contributed by atoms with E-state index < -0.39 is 0 Å². The van der Waals surface area contributed by atoms with Crippen LogP contribution < -0.4 is 0 Å². The highest BCUT2D eigenvalue weighted by atomic mass is 16.3. The molecular weight excluding hydrogens is 637 g/mol. The molecule has 0 amide bonds. The molecule has 10 aromatic rings. The lowest BCUT2D eigenvalue weighted by Gasteiger charge is -2.21. The number of nitriles is 2. The molecule has 242 valence electrons. The van der Waals surface area contributed by atoms with E-state index >= 15 is 0 Å². The van der Waals surface area contributed by atoms with E-state index in [0.29, 0.717) is 11.1 Å². The van der Waals surface area contributed by atoms with Crippen molar-refractivity contribution in [1.82, 2.24) is 9.13 Å². The SMILES string of the molecule is CC1(C)c2ccccc2-c2c1ccc1c3cc(C#N)ccc3n(-c3ccc4c(c3)oc3ccc(-n5c6ccccc6c6cc(C#N)ccc65)cc34)c21. The smallest absolute Gasteiger partial charge is 0.137 e. The standard InChI is InChI=1S/C47H28N4O/c1-47(2)38-9-5-3-8-34(38)45-39(47)17-16-33-36-22-28(26-49)12-19-42(36)51(46(33)45)30-13-15-32-37-23-29(14-20-43(37)52-44(32)24-30)50-40-10-6-4-7-31(40)35-21-27(25-48)11-18-41(35)50/h3-24H,1-2H3. The molecule has 0 fully saturated rings. The van der Waals surface area contributed by atoms with Gasteiger partial charge in [0.2, 0.25) is 0 Å². The van der Waals surface area contributed by atoms with Gasteiger partial charge in [0.15, 0.2) is 0 Å². The quantitative estimate of drug-likeness (QED) is 0.185. The molecule has 1 aliphatic carbocycles. The Labute approximate surface area is 298 Å². The fourth-order valence-electron chi connectivity index (χ4n) is 8.98. The first-order chi connectivity index (χ1) is 25.4. The van der Waals surface area contributed by atoms with Crippen LogP contribution >= 0.6 is 0 Å². The molecule has 0 radical (unpaired) electrons. The lowest BCUT2D eigenvalue weighted by molar-refractivity contribution is 0.660. The highest BCUT2D eigenvalue weighted by Gasteiger charge is 2.37. The molecule has 52 heavy (non-hydrogen) atoms. The van der Waals surface area contributed by atoms with E-state index in [2.05, 4.69) is 132 Å². The molecule has 0 bridgehead atoms. The highest BCUT2D eigenvalue weighted by Crippen LogP contribution is 2.53. The Morgan fingerprint density at radius 3 is 1.96 bits per heavy atom. The monoisotopic (exact) mass is 664 g/mol. The van der Waals surface area contributed by atoms with Crippen LogP contribution in [0.3, 0.4) is 0 Å². The molecule has 0 aliphatic heterocycles. The maximum atomic E-state index is 9.86. The zero-order chi connectivity index (χ0) is 34.9. The van der Waals surface area contributed by atoms with E-state index in [9.17, 15) is 10.5 Å². The van der Waals surface area contributed by atoms with Gasteiger partial charge in [-0.1, -0.05) is 68.4 Å². The van der Waals surface area contributed by atoms with Gasteiger partial charge in [-0.15, -0.1) is 0 Å². The molecule has 1 aliphatic rings. The Hall–Kier alpha value is -7.08. The normalized spacial score (nSPS) is 13.3. The van der Waals surface area contributed by atoms with Gasteiger partial charge in [-0.2, -0.15) is 10.5 Å². The summed E-state index contributed by atoms with van der Waals surface area (Å²) in [5.74, 6) is 0. The van der Waals surface area contributed by atoms with E-state index in [4.69, 9.17) is 4.42 Å². The van der Waals surface area contributed by atoms with Gasteiger partial charge in [-0.25, -0.2) is 0 Å². The molecule has 11 rings (SSSR count). The summed E-state index contributed by atoms with van der Waals surface area (Å²) >= 11 is 0. The summed E-state index contributed by atoms with van der Waals surface area (Å²) < 4.78 is 11.2. The van der Waals surface area contributed by atoms with Crippen LogP contribution in [0.1, 0.15) is 36.1 Å². The number of fused-ring (bicyclic) bond motifs is 13. The van der Waals surface area contributed by atoms with E-state index in [1.807, 2.05) is 36.4 Å². The Bertz CT molecular complexity index is 3300. The van der Waals surface area contributed by atoms with Crippen molar-refractivity contribution in [1.29, 1.82) is 10.5 Å². The molecule has 5 heteroatoms. The summed E-state index contributed by atoms with van der Waals surface area (Å²) in [6.07, 6.45) is 0. The molecule has 5 nitrogen and oxygen atoms in total. The van der Waals surface area contributed by atoms with Gasteiger partial charge >= 0.3 is 0 Å². The van der Waals surface area contributed by atoms with Crippen molar-refractivity contribution in [3.63, 3.8) is 0 Å². The molecule has 0 saturated carbocycles. The van der Waals surface area contributed by atoms with Crippen LogP contribution in [0.5, 0.6) is 0 Å². The third-order valence-corrected chi connectivity index (χ3v) is 11.4. The minimum Gasteiger partial charge on any atom is -0.456 e. The predicted molar refractivity (Wildman–Crippen MR) is 209 cm³/mol. The summed E-state index contributed by atoms with van der Waals surface area (Å²) in [4.78, 5) is 0. The van der Waals surface area contributed by atoms with Crippen molar-refractivity contribution in [2.45, 2.75) is 19.3 Å². The zero-order valence-electron chi connectivity index (χ0n) is 28.4. The van der Waals surface area contributed by atoms with Gasteiger partial charge in [0.1, 0.15) is 11.2 Å². The van der Waals surface area contributed by atoms with Crippen molar-refractivity contribution in [3.8, 4) is 34.6 Å². The molecule has 0 atom stereocenters. The number of rotatable bonds is 2. The Balaban J connectivity index is 1.16. The summed E-state index contributed by atoms with van der Waals surface area (Å²) in [6.45, 7) is 4.61. The number of hydrogen-bond donors (Lipinski definition) is 0. The second kappa shape index (κ2) is 10.0. The minimum absolute atomic E-state index is 0.145. The van der Waals surface area contributed by atoms with E-state index in [0.717, 1.165) is 76.9 Å². The first-order valence-corrected chi connectivity index (χ1v) is 17.5. The lowest BCUT2D eigenvalue weighted by Crippen LogP contribution is -2.14. The lowest BCUT2D eigenvalue weighted by atomic mass is 9.82. The van der Waals surface area contributed by atoms with Crippen molar-refractivity contribution in [2.75, 3.05) is 0 Å². The van der Waals surface area contributed by atoms with Crippen LogP contribution in [-0.2, 0) is 5.41 Å². The number of aromatic nitrogens is 2. The van der Waals surface area contributed by atoms with Crippen LogP contribution in [0, 0.1) is 22.7 Å². The second-order valence-electron chi connectivity index (χ2n) is 14.4. The van der Waals surface area contributed by atoms with Crippen LogP contribution in [-0.4, -0.2) is 9.13 Å². The minimum atomic E-state index is -0.145. The van der Waals surface area contributed by atoms with E-state index in [1.54, 1.807) is 0 Å². The average molecular weight is 665 g/mol. The number of para-hydroxylation sites is 1. The molecule has 0 saturated heterocycles. The van der Waals surface area contributed by atoms with Crippen LogP contribution in [0.4, 0.5) is 0 Å². The number of furan rings is 1. The van der Waals surface area contributed by atoms with Crippen molar-refractivity contribution >= 4 is 65.6 Å². The van der Waals surface area contributed by atoms with E-state index in [1.165, 1.54) is 22.3 Å². The number of benzene rings is 7. The van der Waals surface area contributed by atoms with Crippen LogP contribution in [0.15, 0.2) is 138 Å². The first-order valence-electron chi connectivity index (χ1n) is 17.5. The van der Waals surface area contributed by atoms with Crippen molar-refractivity contribution in [3.05, 3.63) is 156 Å². The van der Waals surface area contributed by atoms with Gasteiger partial charge in [-0.05, 0) is 89.5 Å². The predicted octanol–water partition coefficient (Wildman–Crippen LogP) is 11.8. The number of hydrogen-bond acceptors (Lipinski definition) is 3. The second-order valence-corrected chi connectivity index (χ2v) is 14.4. The zero-order valence-corrected chi connectivity index (χ0v) is 28.4. The summed E-state index contributed by atoms with van der Waals surface area (Å²) in [5.41, 5.74) is 14.3. The van der Waals surface area contributed by atoms with Crippen LogP contribution in [0.2, 0.25) is 0 Å². The van der Waals surface area contributed by atoms with Crippen molar-refractivity contribution in [2.24, 2.45) is 0 Å². The maximum absolute atomic E-state index is 9.86. The molecule has 0 N–H and O–H groups in total. The van der Waals surface area contributed by atoms with E-state index in [-0.39, 0.29) is 5.41 Å². The largest absolute Gasteiger partial charge is 0.456 e. The third kappa shape index (κ3) is 3.64. The molecule has 0 unspecified atom stereocenters. The summed E-state index contributed by atoms with van der Waals surface area (Å²) in [6, 6.07) is 51.1. The molecule has 3 heterocycles. The van der Waals surface area contributed by atoms with Gasteiger partial charge in [0.25, 0.3) is 0 Å². The molecule has 7 aromatic carbocycles. The topological polar surface area (TPSA) is 70.6 Å². The Morgan fingerprint density at radius 2 is 1.15 bits per heavy atom. The van der Waals surface area contributed by atoms with Gasteiger partial charge < -0.3 is 13.6 Å². The first kappa shape index (κ1) is 28.7. The summed E-state index contributed by atoms with van der Waals surface area (Å²) in [5, 5.41) is 25.9. The van der Waals surface area contributed by atoms with Crippen molar-refractivity contribution < 1.29 is 4.42 Å². The van der Waals surface area contributed by atoms with Gasteiger partial charge in [-0.3, -0.25) is 0 Å². The average Bonchev–Trinajstić information content (AvgIpc) is 3.89. The summed E-state index contributed by atoms with van der Waals surface area (Å²) in [7, 11) is 0. The van der Waals surface area contributed by atoms with Gasteiger partial charge in [0, 0.05) is 60.7 Å². The van der Waals surface area contributed by atoms with Crippen LogP contribution in [0.25, 0.3) is 88.1 Å². The molecule has 0 spiro atoms. The Kier molecular flexibility index (Phi) is 5.53. The number of nitrogens with zero attached hydrogens (tertiary/aromatic N) is 4. The maximum Gasteiger partial charge on any atom is 0.137 e. The fraction of sp³-hybridized carbons (Fsp3) is 0.0638. The molecular formula is C47H28N4O. The fourth-order valence-corrected chi connectivity index (χ4v) is 8.98. The highest BCUT2D eigenvalue weighted by molar-refractivity contribution is 6.16. The Morgan fingerprint density at radius 1 is 0.500 bits per heavy atom. The molecule has 3 aromatic heterocycles.